The second-order valence-corrected chi connectivity index (χ2v) is 14.1. The number of amides is 1. The maximum absolute atomic E-state index is 12.6. The predicted octanol–water partition coefficient (Wildman–Crippen LogP) is 5.28. The van der Waals surface area contributed by atoms with Crippen LogP contribution >= 0.6 is 11.6 Å². The molecule has 0 bridgehead atoms. The molecule has 4 fully saturated rings. The minimum atomic E-state index is -0.463. The quantitative estimate of drug-likeness (QED) is 0.473. The van der Waals surface area contributed by atoms with Crippen molar-refractivity contribution in [2.24, 2.45) is 11.3 Å². The van der Waals surface area contributed by atoms with E-state index in [4.69, 9.17) is 25.8 Å². The maximum atomic E-state index is 12.6. The van der Waals surface area contributed by atoms with Gasteiger partial charge in [0.1, 0.15) is 28.8 Å². The molecule has 0 aliphatic carbocycles. The molecule has 4 atom stereocenters. The molecule has 4 aliphatic heterocycles. The van der Waals surface area contributed by atoms with E-state index in [1.165, 1.54) is 19.2 Å². The van der Waals surface area contributed by atoms with Crippen molar-refractivity contribution in [3.63, 3.8) is 0 Å². The Morgan fingerprint density at radius 1 is 1.18 bits per heavy atom. The van der Waals surface area contributed by atoms with E-state index in [2.05, 4.69) is 33.3 Å². The van der Waals surface area contributed by atoms with Gasteiger partial charge >= 0.3 is 6.09 Å². The molecule has 0 aromatic carbocycles. The largest absolute Gasteiger partial charge is 0.444 e. The normalized spacial score (nSPS) is 30.7. The lowest BCUT2D eigenvalue weighted by Crippen LogP contribution is -2.52. The van der Waals surface area contributed by atoms with Crippen LogP contribution in [0.4, 0.5) is 4.79 Å². The number of nitrogens with zero attached hydrogens (tertiary/aromatic N) is 5. The summed E-state index contributed by atoms with van der Waals surface area (Å²) in [5.41, 5.74) is 0.379. The third-order valence-corrected chi connectivity index (χ3v) is 9.37. The minimum absolute atomic E-state index is 0.0369. The summed E-state index contributed by atoms with van der Waals surface area (Å²) in [6.45, 7) is 14.7. The maximum Gasteiger partial charge on any atom is 0.410 e. The molecule has 6 heterocycles. The summed E-state index contributed by atoms with van der Waals surface area (Å²) in [7, 11) is 0. The molecule has 0 saturated carbocycles. The Morgan fingerprint density at radius 2 is 1.95 bits per heavy atom. The molecular formula is C29H42ClN5O4. The Hall–Kier alpha value is -1.94. The number of hydrogen-bond acceptors (Lipinski definition) is 7. The van der Waals surface area contributed by atoms with Gasteiger partial charge in [-0.05, 0) is 84.7 Å². The SMILES string of the molecule is CC(C)(C)OC(=O)N1CCC2(CCCN(C[C@H]3O[C@@H](n4ccc5c(Cl)ncnc54)[C@@H]4OC(C)(C)C[C@@H]43)C2)CC1. The number of carbonyl (C=O) groups is 1. The number of carbonyl (C=O) groups excluding carboxylic acids is 1. The number of likely N-dealkylation sites (tertiary alicyclic amines) is 2. The molecule has 2 aromatic heterocycles. The van der Waals surface area contributed by atoms with Crippen LogP contribution in [0.2, 0.25) is 5.15 Å². The highest BCUT2D eigenvalue weighted by molar-refractivity contribution is 6.33. The lowest BCUT2D eigenvalue weighted by molar-refractivity contribution is -0.107. The summed E-state index contributed by atoms with van der Waals surface area (Å²) in [5, 5.41) is 1.28. The molecule has 39 heavy (non-hydrogen) atoms. The zero-order valence-corrected chi connectivity index (χ0v) is 24.6. The molecule has 1 spiro atoms. The van der Waals surface area contributed by atoms with Crippen molar-refractivity contribution in [1.82, 2.24) is 24.3 Å². The smallest absolute Gasteiger partial charge is 0.410 e. The first-order valence-corrected chi connectivity index (χ1v) is 14.8. The van der Waals surface area contributed by atoms with Crippen molar-refractivity contribution < 1.29 is 19.0 Å². The molecule has 2 aromatic rings. The van der Waals surface area contributed by atoms with Gasteiger partial charge in [0.2, 0.25) is 0 Å². The van der Waals surface area contributed by atoms with Crippen LogP contribution in [0.25, 0.3) is 11.0 Å². The van der Waals surface area contributed by atoms with Crippen molar-refractivity contribution >= 4 is 28.7 Å². The number of ether oxygens (including phenoxy) is 3. The van der Waals surface area contributed by atoms with E-state index >= 15 is 0 Å². The van der Waals surface area contributed by atoms with E-state index in [1.54, 1.807) is 0 Å². The van der Waals surface area contributed by atoms with Crippen molar-refractivity contribution in [2.45, 2.75) is 96.4 Å². The van der Waals surface area contributed by atoms with Gasteiger partial charge in [0, 0.05) is 38.3 Å². The zero-order chi connectivity index (χ0) is 27.6. The van der Waals surface area contributed by atoms with E-state index in [1.807, 2.05) is 37.9 Å². The van der Waals surface area contributed by atoms with Crippen molar-refractivity contribution in [3.8, 4) is 0 Å². The number of rotatable bonds is 3. The molecule has 1 amide bonds. The van der Waals surface area contributed by atoms with Gasteiger partial charge in [-0.25, -0.2) is 14.8 Å². The summed E-state index contributed by atoms with van der Waals surface area (Å²) in [5.74, 6) is 0.312. The highest BCUT2D eigenvalue weighted by Crippen LogP contribution is 2.49. The standard InChI is InChI=1S/C29H42ClN5O4/c1-27(2,3)39-26(36)34-13-9-29(10-14-34)8-6-11-33(17-29)16-21-20-15-28(4,5)38-22(20)25(37-21)35-12-7-19-23(30)31-18-32-24(19)35/h7,12,18,20-22,25H,6,8-11,13-17H2,1-5H3/t20-,21-,22-,25-/m1/s1. The van der Waals surface area contributed by atoms with Crippen LogP contribution < -0.4 is 0 Å². The van der Waals surface area contributed by atoms with E-state index < -0.39 is 5.60 Å². The van der Waals surface area contributed by atoms with Gasteiger partial charge < -0.3 is 28.6 Å². The second kappa shape index (κ2) is 9.86. The third kappa shape index (κ3) is 5.39. The van der Waals surface area contributed by atoms with E-state index in [-0.39, 0.29) is 35.5 Å². The van der Waals surface area contributed by atoms with Crippen LogP contribution in [0.5, 0.6) is 0 Å². The fourth-order valence-corrected chi connectivity index (χ4v) is 7.52. The number of hydrogen-bond donors (Lipinski definition) is 0. The van der Waals surface area contributed by atoms with Gasteiger partial charge in [0.05, 0.1) is 17.1 Å². The van der Waals surface area contributed by atoms with Crippen LogP contribution in [0.1, 0.15) is 73.0 Å². The first kappa shape index (κ1) is 27.2. The summed E-state index contributed by atoms with van der Waals surface area (Å²) >= 11 is 6.34. The Morgan fingerprint density at radius 3 is 2.69 bits per heavy atom. The number of aromatic nitrogens is 3. The summed E-state index contributed by atoms with van der Waals surface area (Å²) in [6, 6.07) is 1.96. The van der Waals surface area contributed by atoms with Gasteiger partial charge in [-0.1, -0.05) is 11.6 Å². The first-order valence-electron chi connectivity index (χ1n) is 14.4. The van der Waals surface area contributed by atoms with E-state index in [0.29, 0.717) is 11.1 Å². The Bertz CT molecular complexity index is 1220. The van der Waals surface area contributed by atoms with Crippen LogP contribution in [0, 0.1) is 11.3 Å². The van der Waals surface area contributed by atoms with Gasteiger partial charge in [0.25, 0.3) is 0 Å². The highest BCUT2D eigenvalue weighted by atomic mass is 35.5. The minimum Gasteiger partial charge on any atom is -0.444 e. The monoisotopic (exact) mass is 559 g/mol. The second-order valence-electron chi connectivity index (χ2n) is 13.7. The lowest BCUT2D eigenvalue weighted by atomic mass is 9.72. The molecule has 0 unspecified atom stereocenters. The molecule has 4 aliphatic rings. The molecule has 214 valence electrons. The molecule has 0 radical (unpaired) electrons. The average Bonchev–Trinajstić information content (AvgIpc) is 3.51. The molecule has 4 saturated heterocycles. The molecule has 6 rings (SSSR count). The lowest BCUT2D eigenvalue weighted by Gasteiger charge is -2.48. The Labute approximate surface area is 236 Å². The van der Waals surface area contributed by atoms with E-state index in [9.17, 15) is 4.79 Å². The van der Waals surface area contributed by atoms with E-state index in [0.717, 1.165) is 63.0 Å². The molecular weight excluding hydrogens is 518 g/mol. The van der Waals surface area contributed by atoms with Crippen molar-refractivity contribution in [2.75, 3.05) is 32.7 Å². The highest BCUT2D eigenvalue weighted by Gasteiger charge is 2.55. The number of fused-ring (bicyclic) bond motifs is 2. The summed E-state index contributed by atoms with van der Waals surface area (Å²) < 4.78 is 21.1. The molecule has 9 nitrogen and oxygen atoms in total. The van der Waals surface area contributed by atoms with Crippen molar-refractivity contribution in [3.05, 3.63) is 23.7 Å². The van der Waals surface area contributed by atoms with Crippen LogP contribution in [0.15, 0.2) is 18.6 Å². The van der Waals surface area contributed by atoms with Crippen LogP contribution in [-0.2, 0) is 14.2 Å². The van der Waals surface area contributed by atoms with Gasteiger partial charge in [0.15, 0.2) is 6.23 Å². The number of halogens is 1. The third-order valence-electron chi connectivity index (χ3n) is 9.07. The van der Waals surface area contributed by atoms with Gasteiger partial charge in [-0.2, -0.15) is 0 Å². The molecule has 10 heteroatoms. The average molecular weight is 560 g/mol. The fourth-order valence-electron chi connectivity index (χ4n) is 7.32. The van der Waals surface area contributed by atoms with Gasteiger partial charge in [-0.3, -0.25) is 0 Å². The van der Waals surface area contributed by atoms with Crippen LogP contribution in [0.3, 0.4) is 0 Å². The molecule has 0 N–H and O–H groups in total. The van der Waals surface area contributed by atoms with Gasteiger partial charge in [-0.15, -0.1) is 0 Å². The Kier molecular flexibility index (Phi) is 6.88. The van der Waals surface area contributed by atoms with Crippen molar-refractivity contribution in [1.29, 1.82) is 0 Å². The topological polar surface area (TPSA) is 82.0 Å². The fraction of sp³-hybridized carbons (Fsp3) is 0.759. The Balaban J connectivity index is 1.14. The zero-order valence-electron chi connectivity index (χ0n) is 23.9. The predicted molar refractivity (Wildman–Crippen MR) is 149 cm³/mol. The summed E-state index contributed by atoms with van der Waals surface area (Å²) in [6.07, 6.45) is 8.52. The first-order chi connectivity index (χ1) is 18.4. The number of piperidine rings is 2. The van der Waals surface area contributed by atoms with Crippen LogP contribution in [-0.4, -0.2) is 86.6 Å². The summed E-state index contributed by atoms with van der Waals surface area (Å²) in [4.78, 5) is 25.8.